The van der Waals surface area contributed by atoms with Crippen molar-refractivity contribution < 1.29 is 18.7 Å². The third kappa shape index (κ3) is 2.87. The van der Waals surface area contributed by atoms with Crippen LogP contribution in [-0.2, 0) is 4.79 Å². The highest BCUT2D eigenvalue weighted by Gasteiger charge is 2.29. The topological polar surface area (TPSA) is 64.9 Å². The summed E-state index contributed by atoms with van der Waals surface area (Å²) in [6.07, 6.45) is 1.03. The number of fused-ring (bicyclic) bond motifs is 2. The van der Waals surface area contributed by atoms with Crippen LogP contribution < -0.4 is 14.8 Å². The van der Waals surface area contributed by atoms with Crippen molar-refractivity contribution in [3.05, 3.63) is 65.9 Å². The Labute approximate surface area is 163 Å². The van der Waals surface area contributed by atoms with E-state index >= 15 is 0 Å². The van der Waals surface area contributed by atoms with Crippen molar-refractivity contribution in [2.75, 3.05) is 11.9 Å². The van der Waals surface area contributed by atoms with Crippen LogP contribution in [0.5, 0.6) is 11.5 Å². The van der Waals surface area contributed by atoms with Gasteiger partial charge in [0.2, 0.25) is 6.10 Å². The summed E-state index contributed by atoms with van der Waals surface area (Å²) in [4.78, 5) is 18.2. The zero-order chi connectivity index (χ0) is 19.1. The van der Waals surface area contributed by atoms with Crippen LogP contribution in [0.2, 0.25) is 0 Å². The maximum absolute atomic E-state index is 13.3. The molecule has 1 N–H and O–H groups in total. The Hall–Kier alpha value is -3.39. The van der Waals surface area contributed by atoms with Gasteiger partial charge in [0, 0.05) is 17.1 Å². The van der Waals surface area contributed by atoms with Crippen LogP contribution in [0, 0.1) is 5.82 Å². The summed E-state index contributed by atoms with van der Waals surface area (Å²) in [6.45, 7) is 0.111. The molecular weight excluding hydrogens is 381 g/mol. The smallest absolute Gasteiger partial charge is 0.270 e. The van der Waals surface area contributed by atoms with Gasteiger partial charge in [0.05, 0.1) is 0 Å². The van der Waals surface area contributed by atoms with Gasteiger partial charge in [-0.1, -0.05) is 12.1 Å². The molecule has 0 saturated carbocycles. The van der Waals surface area contributed by atoms with Crippen LogP contribution >= 0.6 is 11.3 Å². The zero-order valence-corrected chi connectivity index (χ0v) is 15.3. The lowest BCUT2D eigenvalue weighted by Crippen LogP contribution is -2.40. The highest BCUT2D eigenvalue weighted by Crippen LogP contribution is 2.33. The molecule has 4 aromatic rings. The molecule has 0 saturated heterocycles. The van der Waals surface area contributed by atoms with E-state index in [4.69, 9.17) is 9.47 Å². The number of nitrogens with one attached hydrogen (secondary N) is 1. The number of aromatic nitrogens is 2. The van der Waals surface area contributed by atoms with Crippen molar-refractivity contribution in [3.8, 4) is 22.8 Å². The molecule has 0 fully saturated rings. The molecular formula is C20H14FN3O3S. The number of ether oxygens (including phenoxy) is 2. The number of hydrogen-bond donors (Lipinski definition) is 1. The maximum Gasteiger partial charge on any atom is 0.270 e. The summed E-state index contributed by atoms with van der Waals surface area (Å²) in [5, 5.41) is 4.78. The van der Waals surface area contributed by atoms with E-state index in [1.54, 1.807) is 28.7 Å². The molecule has 1 aliphatic rings. The SMILES string of the molecule is O=C(Nc1c(-c2ccc(F)cc2)nc2sccn12)C1COc2ccccc2O1. The Morgan fingerprint density at radius 2 is 1.96 bits per heavy atom. The number of thiazole rings is 1. The molecule has 8 heteroatoms. The number of hydrogen-bond acceptors (Lipinski definition) is 5. The molecule has 2 aromatic heterocycles. The summed E-state index contributed by atoms with van der Waals surface area (Å²) in [5.41, 5.74) is 1.27. The lowest BCUT2D eigenvalue weighted by Gasteiger charge is -2.25. The molecule has 1 unspecified atom stereocenters. The van der Waals surface area contributed by atoms with Gasteiger partial charge < -0.3 is 14.8 Å². The first kappa shape index (κ1) is 16.8. The van der Waals surface area contributed by atoms with E-state index in [1.807, 2.05) is 23.7 Å². The maximum atomic E-state index is 13.3. The Morgan fingerprint density at radius 1 is 1.18 bits per heavy atom. The van der Waals surface area contributed by atoms with Crippen LogP contribution in [0.4, 0.5) is 10.2 Å². The number of rotatable bonds is 3. The van der Waals surface area contributed by atoms with Gasteiger partial charge in [0.15, 0.2) is 16.5 Å². The van der Waals surface area contributed by atoms with E-state index in [2.05, 4.69) is 10.3 Å². The van der Waals surface area contributed by atoms with Crippen molar-refractivity contribution in [1.29, 1.82) is 0 Å². The second-order valence-corrected chi connectivity index (χ2v) is 7.10. The Bertz CT molecular complexity index is 1170. The summed E-state index contributed by atoms with van der Waals surface area (Å²) in [6, 6.07) is 13.2. The molecule has 0 spiro atoms. The van der Waals surface area contributed by atoms with Crippen LogP contribution in [0.3, 0.4) is 0 Å². The van der Waals surface area contributed by atoms with Gasteiger partial charge in [0.1, 0.15) is 23.9 Å². The van der Waals surface area contributed by atoms with E-state index < -0.39 is 6.10 Å². The van der Waals surface area contributed by atoms with Crippen molar-refractivity contribution >= 4 is 28.0 Å². The minimum atomic E-state index is -0.792. The summed E-state index contributed by atoms with van der Waals surface area (Å²) in [5.74, 6) is 0.979. The first-order chi connectivity index (χ1) is 13.7. The molecule has 5 rings (SSSR count). The predicted octanol–water partition coefficient (Wildman–Crippen LogP) is 3.98. The minimum Gasteiger partial charge on any atom is -0.485 e. The van der Waals surface area contributed by atoms with E-state index in [-0.39, 0.29) is 18.3 Å². The Balaban J connectivity index is 1.46. The van der Waals surface area contributed by atoms with Crippen molar-refractivity contribution in [3.63, 3.8) is 0 Å². The number of benzene rings is 2. The second kappa shape index (κ2) is 6.65. The molecule has 6 nitrogen and oxygen atoms in total. The fourth-order valence-corrected chi connectivity index (χ4v) is 3.77. The Morgan fingerprint density at radius 3 is 2.79 bits per heavy atom. The number of carbonyl (C=O) groups excluding carboxylic acids is 1. The van der Waals surface area contributed by atoms with Gasteiger partial charge in [-0.3, -0.25) is 9.20 Å². The minimum absolute atomic E-state index is 0.111. The lowest BCUT2D eigenvalue weighted by molar-refractivity contribution is -0.125. The third-order valence-corrected chi connectivity index (χ3v) is 5.18. The lowest BCUT2D eigenvalue weighted by atomic mass is 10.1. The summed E-state index contributed by atoms with van der Waals surface area (Å²) < 4.78 is 26.5. The highest BCUT2D eigenvalue weighted by molar-refractivity contribution is 7.15. The molecule has 0 aliphatic carbocycles. The second-order valence-electron chi connectivity index (χ2n) is 6.22. The normalized spacial score (nSPS) is 15.5. The molecule has 1 aliphatic heterocycles. The van der Waals surface area contributed by atoms with Crippen molar-refractivity contribution in [2.45, 2.75) is 6.10 Å². The number of imidazole rings is 1. The first-order valence-corrected chi connectivity index (χ1v) is 9.48. The fourth-order valence-electron chi connectivity index (χ4n) is 3.06. The number of para-hydroxylation sites is 2. The first-order valence-electron chi connectivity index (χ1n) is 8.60. The molecule has 0 radical (unpaired) electrons. The number of nitrogens with zero attached hydrogens (tertiary/aromatic N) is 2. The summed E-state index contributed by atoms with van der Waals surface area (Å²) in [7, 11) is 0. The molecule has 3 heterocycles. The van der Waals surface area contributed by atoms with Gasteiger partial charge in [0.25, 0.3) is 5.91 Å². The van der Waals surface area contributed by atoms with Gasteiger partial charge >= 0.3 is 0 Å². The van der Waals surface area contributed by atoms with Crippen molar-refractivity contribution in [2.24, 2.45) is 0 Å². The molecule has 1 amide bonds. The molecule has 28 heavy (non-hydrogen) atoms. The predicted molar refractivity (Wildman–Crippen MR) is 103 cm³/mol. The van der Waals surface area contributed by atoms with Gasteiger partial charge in [-0.05, 0) is 36.4 Å². The Kier molecular flexibility index (Phi) is 3.98. The van der Waals surface area contributed by atoms with Gasteiger partial charge in [-0.15, -0.1) is 11.3 Å². The average molecular weight is 395 g/mol. The zero-order valence-electron chi connectivity index (χ0n) is 14.5. The van der Waals surface area contributed by atoms with Crippen LogP contribution in [0.1, 0.15) is 0 Å². The van der Waals surface area contributed by atoms with E-state index in [9.17, 15) is 9.18 Å². The number of halogens is 1. The summed E-state index contributed by atoms with van der Waals surface area (Å²) >= 11 is 1.44. The third-order valence-electron chi connectivity index (χ3n) is 4.42. The molecule has 2 aromatic carbocycles. The highest BCUT2D eigenvalue weighted by atomic mass is 32.1. The monoisotopic (exact) mass is 395 g/mol. The fraction of sp³-hybridized carbons (Fsp3) is 0.100. The molecule has 0 bridgehead atoms. The molecule has 140 valence electrons. The largest absolute Gasteiger partial charge is 0.485 e. The standard InChI is InChI=1S/C20H14FN3O3S/c21-13-7-5-12(6-8-13)17-18(24-9-10-28-20(24)22-17)23-19(25)16-11-26-14-3-1-2-4-15(14)27-16/h1-10,16H,11H2,(H,23,25). The van der Waals surface area contributed by atoms with E-state index in [0.29, 0.717) is 28.6 Å². The van der Waals surface area contributed by atoms with Crippen LogP contribution in [0.15, 0.2) is 60.1 Å². The van der Waals surface area contributed by atoms with Gasteiger partial charge in [-0.2, -0.15) is 0 Å². The quantitative estimate of drug-likeness (QED) is 0.570. The van der Waals surface area contributed by atoms with Crippen molar-refractivity contribution in [1.82, 2.24) is 9.38 Å². The molecule has 1 atom stereocenters. The number of carbonyl (C=O) groups is 1. The number of amides is 1. The van der Waals surface area contributed by atoms with Crippen LogP contribution in [-0.4, -0.2) is 28.0 Å². The van der Waals surface area contributed by atoms with E-state index in [1.165, 1.54) is 23.5 Å². The van der Waals surface area contributed by atoms with E-state index in [0.717, 1.165) is 4.96 Å². The van der Waals surface area contributed by atoms with Gasteiger partial charge in [-0.25, -0.2) is 9.37 Å². The number of anilines is 1. The average Bonchev–Trinajstić information content (AvgIpc) is 3.31. The van der Waals surface area contributed by atoms with Crippen LogP contribution in [0.25, 0.3) is 16.2 Å².